The lowest BCUT2D eigenvalue weighted by Crippen LogP contribution is -2.17. The van der Waals surface area contributed by atoms with Gasteiger partial charge >= 0.3 is 0 Å². The number of sulfonamides is 2. The largest absolute Gasteiger partial charge is 0.456 e. The van der Waals surface area contributed by atoms with E-state index in [1.165, 1.54) is 54.6 Å². The van der Waals surface area contributed by atoms with Crippen LogP contribution in [0.15, 0.2) is 156 Å². The second-order valence-electron chi connectivity index (χ2n) is 16.3. The second kappa shape index (κ2) is 17.7. The van der Waals surface area contributed by atoms with Crippen LogP contribution in [0.1, 0.15) is 33.4 Å². The molecule has 350 valence electrons. The fourth-order valence-electron chi connectivity index (χ4n) is 8.36. The molecule has 1 aliphatic carbocycles. The Kier molecular flexibility index (Phi) is 12.4. The minimum absolute atomic E-state index is 0.0137. The van der Waals surface area contributed by atoms with Crippen molar-refractivity contribution in [2.75, 3.05) is 14.8 Å². The maximum Gasteiger partial charge on any atom is 0.296 e. The summed E-state index contributed by atoms with van der Waals surface area (Å²) in [6, 6.07) is 32.0. The van der Waals surface area contributed by atoms with Gasteiger partial charge in [-0.1, -0.05) is 66.7 Å². The van der Waals surface area contributed by atoms with Crippen LogP contribution >= 0.6 is 0 Å². The van der Waals surface area contributed by atoms with Crippen LogP contribution in [-0.4, -0.2) is 42.8 Å². The minimum atomic E-state index is -5.10. The Morgan fingerprint density at radius 1 is 0.500 bits per heavy atom. The Balaban J connectivity index is 1.35. The Morgan fingerprint density at radius 2 is 1.01 bits per heavy atom. The first kappa shape index (κ1) is 47.6. The monoisotopic (exact) mass is 992 g/mol. The van der Waals surface area contributed by atoms with Crippen LogP contribution in [0.3, 0.4) is 0 Å². The van der Waals surface area contributed by atoms with E-state index in [0.717, 1.165) is 11.6 Å². The maximum atomic E-state index is 13.5. The van der Waals surface area contributed by atoms with E-state index in [-0.39, 0.29) is 59.9 Å². The normalized spacial score (nSPS) is 12.7. The molecule has 0 atom stereocenters. The van der Waals surface area contributed by atoms with Crippen molar-refractivity contribution in [2.45, 2.75) is 61.1 Å². The molecule has 8 rings (SSSR count). The van der Waals surface area contributed by atoms with Crippen molar-refractivity contribution in [2.24, 2.45) is 4.99 Å². The number of nitrogens with one attached hydrogen (secondary N) is 3. The predicted molar refractivity (Wildman–Crippen MR) is 262 cm³/mol. The third-order valence-corrected chi connectivity index (χ3v) is 16.0. The summed E-state index contributed by atoms with van der Waals surface area (Å²) in [6.07, 6.45) is 0. The van der Waals surface area contributed by atoms with Crippen LogP contribution in [0.5, 0.6) is 0 Å². The van der Waals surface area contributed by atoms with Crippen molar-refractivity contribution in [3.05, 3.63) is 166 Å². The molecule has 2 aliphatic rings. The molecule has 0 aromatic heterocycles. The predicted octanol–water partition coefficient (Wildman–Crippen LogP) is 10.1. The van der Waals surface area contributed by atoms with Gasteiger partial charge in [0.2, 0.25) is 0 Å². The van der Waals surface area contributed by atoms with E-state index in [4.69, 9.17) is 9.41 Å². The zero-order chi connectivity index (χ0) is 49.1. The van der Waals surface area contributed by atoms with Crippen molar-refractivity contribution in [1.82, 2.24) is 0 Å². The van der Waals surface area contributed by atoms with E-state index < -0.39 is 50.1 Å². The summed E-state index contributed by atoms with van der Waals surface area (Å²) in [7, 11) is -18.0. The number of fused-ring (bicyclic) bond motifs is 2. The maximum absolute atomic E-state index is 13.5. The molecule has 0 fully saturated rings. The first-order valence-electron chi connectivity index (χ1n) is 20.7. The van der Waals surface area contributed by atoms with Gasteiger partial charge in [-0.2, -0.15) is 16.8 Å². The van der Waals surface area contributed by atoms with Crippen LogP contribution in [0, 0.1) is 41.5 Å². The van der Waals surface area contributed by atoms with Gasteiger partial charge in [-0.3, -0.25) is 18.5 Å². The lowest BCUT2D eigenvalue weighted by Gasteiger charge is -2.21. The Hall–Kier alpha value is -6.87. The van der Waals surface area contributed by atoms with Gasteiger partial charge in [0.15, 0.2) is 0 Å². The van der Waals surface area contributed by atoms with Gasteiger partial charge in [0.1, 0.15) is 21.1 Å². The van der Waals surface area contributed by atoms with Gasteiger partial charge in [0, 0.05) is 45.6 Å². The second-order valence-corrected chi connectivity index (χ2v) is 22.4. The van der Waals surface area contributed by atoms with E-state index in [1.54, 1.807) is 95.3 Å². The first-order chi connectivity index (χ1) is 31.9. The van der Waals surface area contributed by atoms with Gasteiger partial charge in [-0.05, 0) is 123 Å². The first-order valence-corrected chi connectivity index (χ1v) is 26.6. The molecule has 1 aliphatic heterocycles. The molecule has 1 heterocycles. The minimum Gasteiger partial charge on any atom is -0.456 e. The quantitative estimate of drug-likeness (QED) is 0.0568. The van der Waals surface area contributed by atoms with Crippen molar-refractivity contribution in [3.8, 4) is 22.5 Å². The standard InChI is InChI=1S/C49H44N4O11S4/c1-28-23-30(3)48(52-65(54,55)35-15-9-7-10-16-35)32(5)46(28)50-34-21-22-37-41(25-34)64-42-27-40(44(68(61,62)63)26-39(42)45(37)38-19-13-14-20-43(38)67(58,59)60)51-47-29(2)24-31(4)49(33(47)6)53-66(56,57)36-17-11-8-12-18-36/h7-27,50,52-53H,1-6H3,(H,58,59,60)(H,61,62,63). The highest BCUT2D eigenvalue weighted by Crippen LogP contribution is 2.44. The summed E-state index contributed by atoms with van der Waals surface area (Å²) in [5.74, 6) is -0.0198. The third kappa shape index (κ3) is 9.23. The third-order valence-electron chi connectivity index (χ3n) is 11.5. The molecule has 0 amide bonds. The van der Waals surface area contributed by atoms with Gasteiger partial charge in [-0.15, -0.1) is 0 Å². The fourth-order valence-corrected chi connectivity index (χ4v) is 12.1. The van der Waals surface area contributed by atoms with E-state index >= 15 is 0 Å². The summed E-state index contributed by atoms with van der Waals surface area (Å²) < 4.78 is 139. The molecule has 0 spiro atoms. The zero-order valence-corrected chi connectivity index (χ0v) is 40.5. The lowest BCUT2D eigenvalue weighted by atomic mass is 9.93. The number of hydrogen-bond acceptors (Lipinski definition) is 11. The number of aryl methyl sites for hydroxylation is 4. The fraction of sp³-hybridized carbons (Fsp3) is 0.122. The average molecular weight is 993 g/mol. The highest BCUT2D eigenvalue weighted by atomic mass is 32.2. The lowest BCUT2D eigenvalue weighted by molar-refractivity contribution is 0.480. The number of nitrogens with zero attached hydrogens (tertiary/aromatic N) is 1. The Morgan fingerprint density at radius 3 is 1.59 bits per heavy atom. The van der Waals surface area contributed by atoms with Gasteiger partial charge in [-0.25, -0.2) is 21.8 Å². The highest BCUT2D eigenvalue weighted by Gasteiger charge is 2.28. The Bertz CT molecular complexity index is 3860. The van der Waals surface area contributed by atoms with Gasteiger partial charge in [0.25, 0.3) is 40.3 Å². The van der Waals surface area contributed by atoms with Crippen molar-refractivity contribution in [3.63, 3.8) is 0 Å². The molecule has 0 unspecified atom stereocenters. The Labute approximate surface area is 394 Å². The topological polar surface area (TPSA) is 239 Å². The molecular weight excluding hydrogens is 949 g/mol. The van der Waals surface area contributed by atoms with Crippen molar-refractivity contribution >= 4 is 79.7 Å². The van der Waals surface area contributed by atoms with Crippen LogP contribution in [-0.2, 0) is 40.3 Å². The molecule has 19 heteroatoms. The molecule has 6 aromatic rings. The summed E-state index contributed by atoms with van der Waals surface area (Å²) in [6.45, 7) is 10.4. The van der Waals surface area contributed by atoms with Crippen molar-refractivity contribution in [1.29, 1.82) is 0 Å². The van der Waals surface area contributed by atoms with Crippen molar-refractivity contribution < 1.29 is 47.2 Å². The molecule has 15 nitrogen and oxygen atoms in total. The van der Waals surface area contributed by atoms with Crippen LogP contribution in [0.25, 0.3) is 33.4 Å². The molecule has 0 saturated carbocycles. The molecule has 0 bridgehead atoms. The van der Waals surface area contributed by atoms with Gasteiger partial charge in [0.05, 0.1) is 32.2 Å². The van der Waals surface area contributed by atoms with E-state index in [0.29, 0.717) is 44.9 Å². The summed E-state index contributed by atoms with van der Waals surface area (Å²) in [5, 5.41) is 3.36. The summed E-state index contributed by atoms with van der Waals surface area (Å²) >= 11 is 0. The number of benzene rings is 7. The zero-order valence-electron chi connectivity index (χ0n) is 37.3. The molecule has 5 N–H and O–H groups in total. The number of rotatable bonds is 12. The average Bonchev–Trinajstić information content (AvgIpc) is 3.28. The van der Waals surface area contributed by atoms with E-state index in [2.05, 4.69) is 14.8 Å². The number of anilines is 4. The summed E-state index contributed by atoms with van der Waals surface area (Å²) in [5.41, 5.74) is 5.55. The van der Waals surface area contributed by atoms with Crippen LogP contribution in [0.4, 0.5) is 28.4 Å². The molecule has 6 aromatic carbocycles. The van der Waals surface area contributed by atoms with Crippen LogP contribution < -0.4 is 20.1 Å². The molecule has 0 radical (unpaired) electrons. The van der Waals surface area contributed by atoms with E-state index in [9.17, 15) is 42.8 Å². The van der Waals surface area contributed by atoms with Crippen LogP contribution in [0.2, 0.25) is 0 Å². The SMILES string of the molecule is Cc1cc(C)c(NS(=O)(=O)c2ccccc2)c(C)c1N=c1cc2oc3cc(Nc4c(C)cc(C)c(NS(=O)(=O)c5ccccc5)c4C)ccc3c(-c3ccccc3S(=O)(=O)O)c-2cc1S(=O)(=O)O. The summed E-state index contributed by atoms with van der Waals surface area (Å²) in [4.78, 5) is 3.65. The van der Waals surface area contributed by atoms with Gasteiger partial charge < -0.3 is 9.73 Å². The number of hydrogen-bond donors (Lipinski definition) is 5. The molecule has 0 saturated heterocycles. The van der Waals surface area contributed by atoms with E-state index in [1.807, 2.05) is 13.0 Å². The molecule has 68 heavy (non-hydrogen) atoms. The smallest absolute Gasteiger partial charge is 0.296 e. The molecular formula is C49H44N4O11S4. The highest BCUT2D eigenvalue weighted by molar-refractivity contribution is 7.93.